The van der Waals surface area contributed by atoms with Crippen molar-refractivity contribution in [3.05, 3.63) is 46.1 Å². The van der Waals surface area contributed by atoms with Crippen LogP contribution >= 0.6 is 11.6 Å². The van der Waals surface area contributed by atoms with E-state index in [0.29, 0.717) is 31.0 Å². The molecule has 0 saturated heterocycles. The summed E-state index contributed by atoms with van der Waals surface area (Å²) in [4.78, 5) is 27.0. The zero-order valence-corrected chi connectivity index (χ0v) is 18.3. The third-order valence-corrected chi connectivity index (χ3v) is 5.34. The zero-order valence-electron chi connectivity index (χ0n) is 17.6. The van der Waals surface area contributed by atoms with Crippen LogP contribution in [0.4, 0.5) is 9.59 Å². The topological polar surface area (TPSA) is 71.0 Å². The highest BCUT2D eigenvalue weighted by Gasteiger charge is 2.47. The van der Waals surface area contributed by atoms with Crippen molar-refractivity contribution >= 4 is 29.4 Å². The van der Waals surface area contributed by atoms with Gasteiger partial charge < -0.3 is 15.0 Å². The van der Waals surface area contributed by atoms with E-state index in [4.69, 9.17) is 21.4 Å². The molecule has 0 spiro atoms. The molecule has 3 amide bonds. The highest BCUT2D eigenvalue weighted by molar-refractivity contribution is 6.30. The number of urea groups is 1. The number of hydrogen-bond donors (Lipinski definition) is 1. The van der Waals surface area contributed by atoms with E-state index in [1.54, 1.807) is 19.0 Å². The Morgan fingerprint density at radius 2 is 1.79 bits per heavy atom. The summed E-state index contributed by atoms with van der Waals surface area (Å²) in [5.41, 5.74) is 3.03. The number of halogens is 1. The second-order valence-corrected chi connectivity index (χ2v) is 8.80. The van der Waals surface area contributed by atoms with E-state index in [0.717, 1.165) is 22.5 Å². The Bertz CT molecular complexity index is 886. The van der Waals surface area contributed by atoms with Gasteiger partial charge in [0.15, 0.2) is 5.70 Å². The van der Waals surface area contributed by atoms with E-state index in [2.05, 4.69) is 5.32 Å². The Morgan fingerprint density at radius 1 is 1.17 bits per heavy atom. The first-order valence-electron chi connectivity index (χ1n) is 9.71. The zero-order chi connectivity index (χ0) is 21.4. The Labute approximate surface area is 176 Å². The van der Waals surface area contributed by atoms with Gasteiger partial charge in [0.2, 0.25) is 0 Å². The Hall–Kier alpha value is -2.38. The maximum absolute atomic E-state index is 12.7. The molecule has 1 aromatic rings. The lowest BCUT2D eigenvalue weighted by molar-refractivity contribution is -0.796. The van der Waals surface area contributed by atoms with Crippen LogP contribution < -0.4 is 5.32 Å². The normalized spacial score (nSPS) is 22.0. The molecule has 156 valence electrons. The molecule has 29 heavy (non-hydrogen) atoms. The van der Waals surface area contributed by atoms with Crippen LogP contribution in [-0.4, -0.2) is 60.1 Å². The van der Waals surface area contributed by atoms with Crippen LogP contribution in [0.25, 0.3) is 0 Å². The lowest BCUT2D eigenvalue weighted by atomic mass is 9.98. The highest BCUT2D eigenvalue weighted by Crippen LogP contribution is 2.37. The molecule has 8 heteroatoms. The van der Waals surface area contributed by atoms with Crippen molar-refractivity contribution in [3.63, 3.8) is 0 Å². The van der Waals surface area contributed by atoms with Crippen molar-refractivity contribution in [1.82, 2.24) is 10.2 Å². The molecule has 0 aliphatic carbocycles. The van der Waals surface area contributed by atoms with Crippen molar-refractivity contribution in [1.29, 1.82) is 0 Å². The maximum Gasteiger partial charge on any atom is 0.447 e. The Kier molecular flexibility index (Phi) is 5.74. The van der Waals surface area contributed by atoms with Gasteiger partial charge in [-0.25, -0.2) is 9.59 Å². The van der Waals surface area contributed by atoms with Gasteiger partial charge in [0.05, 0.1) is 0 Å². The fraction of sp³-hybridized carbons (Fsp3) is 0.476. The first-order chi connectivity index (χ1) is 13.5. The molecule has 2 aliphatic heterocycles. The predicted octanol–water partition coefficient (Wildman–Crippen LogP) is 4.13. The standard InChI is InChI=1S/C21H27ClN4O3/c1-21(2,3)29-20(28)25-12-10-16-17(11-13-25)26(5,19(27)23-4)24-18(16)14-6-8-15(22)9-7-14/h6-9H,10-13H2,1-5H3/p+1. The van der Waals surface area contributed by atoms with Crippen molar-refractivity contribution in [2.24, 2.45) is 5.10 Å². The van der Waals surface area contributed by atoms with Crippen LogP contribution in [-0.2, 0) is 4.74 Å². The summed E-state index contributed by atoms with van der Waals surface area (Å²) in [6.45, 7) is 6.54. The smallest absolute Gasteiger partial charge is 0.444 e. The Morgan fingerprint density at radius 3 is 2.38 bits per heavy atom. The lowest BCUT2D eigenvalue weighted by Gasteiger charge is -2.27. The van der Waals surface area contributed by atoms with E-state index in [-0.39, 0.29) is 16.7 Å². The van der Waals surface area contributed by atoms with Crippen LogP contribution in [0, 0.1) is 0 Å². The summed E-state index contributed by atoms with van der Waals surface area (Å²) in [5.74, 6) is 0. The number of benzene rings is 1. The van der Waals surface area contributed by atoms with Crippen molar-refractivity contribution in [3.8, 4) is 0 Å². The van der Waals surface area contributed by atoms with Gasteiger partial charge in [-0.1, -0.05) is 33.4 Å². The molecule has 0 bridgehead atoms. The predicted molar refractivity (Wildman–Crippen MR) is 113 cm³/mol. The fourth-order valence-electron chi connectivity index (χ4n) is 3.69. The maximum atomic E-state index is 12.7. The summed E-state index contributed by atoms with van der Waals surface area (Å²) in [6.07, 6.45) is 0.803. The van der Waals surface area contributed by atoms with Gasteiger partial charge in [-0.15, -0.1) is 0 Å². The molecule has 0 saturated carbocycles. The van der Waals surface area contributed by atoms with E-state index >= 15 is 0 Å². The lowest BCUT2D eigenvalue weighted by Crippen LogP contribution is -2.48. The molecule has 7 nitrogen and oxygen atoms in total. The summed E-state index contributed by atoms with van der Waals surface area (Å²) in [6, 6.07) is 7.22. The number of carbonyl (C=O) groups is 2. The average molecular weight is 420 g/mol. The van der Waals surface area contributed by atoms with Crippen LogP contribution in [0.2, 0.25) is 5.02 Å². The number of nitrogens with zero attached hydrogens (tertiary/aromatic N) is 3. The van der Waals surface area contributed by atoms with Crippen LogP contribution in [0.3, 0.4) is 0 Å². The van der Waals surface area contributed by atoms with Crippen molar-refractivity contribution in [2.45, 2.75) is 39.2 Å². The molecule has 0 fully saturated rings. The van der Waals surface area contributed by atoms with Gasteiger partial charge in [0, 0.05) is 42.7 Å². The Balaban J connectivity index is 1.94. The summed E-state index contributed by atoms with van der Waals surface area (Å²) < 4.78 is 5.35. The number of ether oxygens (including phenoxy) is 1. The molecule has 0 radical (unpaired) electrons. The molecule has 0 aromatic heterocycles. The second-order valence-electron chi connectivity index (χ2n) is 8.36. The molecule has 1 unspecified atom stereocenters. The minimum absolute atomic E-state index is 0.189. The SMILES string of the molecule is CNC(=O)[N+]1(C)N=C(c2ccc(Cl)cc2)C2=C1CCN(C(=O)OC(C)(C)C)CC2. The summed E-state index contributed by atoms with van der Waals surface area (Å²) >= 11 is 6.04. The number of hydrogen-bond acceptors (Lipinski definition) is 4. The van der Waals surface area contributed by atoms with Gasteiger partial charge in [-0.2, -0.15) is 0 Å². The van der Waals surface area contributed by atoms with Gasteiger partial charge in [-0.05, 0) is 39.3 Å². The van der Waals surface area contributed by atoms with E-state index in [1.165, 1.54) is 0 Å². The van der Waals surface area contributed by atoms with Gasteiger partial charge in [0.1, 0.15) is 18.4 Å². The molecular formula is C21H28ClN4O3+. The van der Waals surface area contributed by atoms with Crippen LogP contribution in [0.15, 0.2) is 40.6 Å². The largest absolute Gasteiger partial charge is 0.447 e. The second kappa shape index (κ2) is 7.80. The quantitative estimate of drug-likeness (QED) is 0.695. The molecule has 2 aliphatic rings. The van der Waals surface area contributed by atoms with Gasteiger partial charge >= 0.3 is 12.1 Å². The van der Waals surface area contributed by atoms with Gasteiger partial charge in [0.25, 0.3) is 0 Å². The average Bonchev–Trinajstić information content (AvgIpc) is 2.80. The summed E-state index contributed by atoms with van der Waals surface area (Å²) in [7, 11) is 3.38. The molecule has 2 heterocycles. The van der Waals surface area contributed by atoms with Crippen LogP contribution in [0.1, 0.15) is 39.2 Å². The fourth-order valence-corrected chi connectivity index (χ4v) is 3.81. The van der Waals surface area contributed by atoms with Crippen molar-refractivity contribution in [2.75, 3.05) is 27.2 Å². The molecule has 1 aromatic carbocycles. The summed E-state index contributed by atoms with van der Waals surface area (Å²) in [5, 5.41) is 8.15. The van der Waals surface area contributed by atoms with Crippen molar-refractivity contribution < 1.29 is 18.9 Å². The van der Waals surface area contributed by atoms with Crippen LogP contribution in [0.5, 0.6) is 0 Å². The number of amides is 3. The number of nitrogens with one attached hydrogen (secondary N) is 1. The van der Waals surface area contributed by atoms with Gasteiger partial charge in [-0.3, -0.25) is 0 Å². The first kappa shape index (κ1) is 21.3. The minimum atomic E-state index is -0.553. The first-order valence-corrected chi connectivity index (χ1v) is 10.1. The van der Waals surface area contributed by atoms with E-state index in [9.17, 15) is 9.59 Å². The molecule has 1 atom stereocenters. The van der Waals surface area contributed by atoms with E-state index in [1.807, 2.05) is 45.0 Å². The third kappa shape index (κ3) is 4.31. The number of quaternary nitrogens is 1. The number of carbonyl (C=O) groups excluding carboxylic acids is 2. The molecule has 3 rings (SSSR count). The highest BCUT2D eigenvalue weighted by atomic mass is 35.5. The molecular weight excluding hydrogens is 392 g/mol. The minimum Gasteiger partial charge on any atom is -0.444 e. The molecule has 1 N–H and O–H groups in total. The third-order valence-electron chi connectivity index (χ3n) is 5.09. The monoisotopic (exact) mass is 419 g/mol. The number of rotatable bonds is 1. The van der Waals surface area contributed by atoms with E-state index < -0.39 is 5.60 Å².